The summed E-state index contributed by atoms with van der Waals surface area (Å²) in [6.45, 7) is 2.59. The lowest BCUT2D eigenvalue weighted by atomic mass is 10.2. The highest BCUT2D eigenvalue weighted by Crippen LogP contribution is 2.18. The monoisotopic (exact) mass is 284 g/mol. The van der Waals surface area contributed by atoms with Gasteiger partial charge < -0.3 is 4.74 Å². The third-order valence-corrected chi connectivity index (χ3v) is 2.75. The van der Waals surface area contributed by atoms with E-state index in [-0.39, 0.29) is 5.97 Å². The number of aryl methyl sites for hydroxylation is 1. The van der Waals surface area contributed by atoms with E-state index in [4.69, 9.17) is 4.74 Å². The van der Waals surface area contributed by atoms with Gasteiger partial charge in [-0.3, -0.25) is 0 Å². The van der Waals surface area contributed by atoms with Crippen LogP contribution in [0.2, 0.25) is 0 Å². The van der Waals surface area contributed by atoms with Crippen molar-refractivity contribution in [2.24, 2.45) is 0 Å². The Morgan fingerprint density at radius 3 is 3.06 bits per heavy atom. The highest BCUT2D eigenvalue weighted by molar-refractivity contribution is 9.10. The predicted molar refractivity (Wildman–Crippen MR) is 61.0 cm³/mol. The number of carbonyl (C=O) groups is 1. The van der Waals surface area contributed by atoms with Crippen LogP contribution in [0.15, 0.2) is 16.7 Å². The van der Waals surface area contributed by atoms with Crippen molar-refractivity contribution in [1.82, 2.24) is 10.1 Å². The fourth-order valence-corrected chi connectivity index (χ4v) is 1.92. The zero-order valence-electron chi connectivity index (χ0n) is 8.95. The molecule has 0 unspecified atom stereocenters. The minimum atomic E-state index is -0.368. The molecule has 1 N–H and O–H groups in total. The number of pyridine rings is 1. The maximum atomic E-state index is 11.7. The van der Waals surface area contributed by atoms with Crippen molar-refractivity contribution in [2.45, 2.75) is 13.5 Å². The average molecular weight is 285 g/mol. The van der Waals surface area contributed by atoms with Crippen LogP contribution in [0, 0.1) is 0 Å². The van der Waals surface area contributed by atoms with Crippen LogP contribution >= 0.6 is 15.9 Å². The first kappa shape index (κ1) is 11.1. The van der Waals surface area contributed by atoms with Gasteiger partial charge in [0.2, 0.25) is 0 Å². The molecule has 0 saturated heterocycles. The maximum absolute atomic E-state index is 11.7. The Balaban J connectivity index is 2.75. The number of nitrogens with zero attached hydrogens (tertiary/aromatic N) is 2. The van der Waals surface area contributed by atoms with Gasteiger partial charge in [0, 0.05) is 10.7 Å². The second-order valence-corrected chi connectivity index (χ2v) is 4.16. The molecule has 0 atom stereocenters. The molecule has 2 aromatic heterocycles. The number of nitrogens with one attached hydrogen (secondary N) is 1. The summed E-state index contributed by atoms with van der Waals surface area (Å²) in [4.78, 5) is 15.9. The Labute approximate surface area is 101 Å². The van der Waals surface area contributed by atoms with E-state index in [0.29, 0.717) is 17.9 Å². The molecular formula is C10H11BrN3O2+. The number of methoxy groups -OCH3 is 1. The summed E-state index contributed by atoms with van der Waals surface area (Å²) >= 11 is 3.33. The van der Waals surface area contributed by atoms with E-state index in [9.17, 15) is 4.79 Å². The molecule has 0 spiro atoms. The Kier molecular flexibility index (Phi) is 2.91. The van der Waals surface area contributed by atoms with Crippen molar-refractivity contribution in [3.05, 3.63) is 22.4 Å². The van der Waals surface area contributed by atoms with Gasteiger partial charge in [0.1, 0.15) is 5.39 Å². The van der Waals surface area contributed by atoms with E-state index >= 15 is 0 Å². The molecule has 0 aliphatic rings. The van der Waals surface area contributed by atoms with Gasteiger partial charge in [-0.15, -0.1) is 9.78 Å². The number of hydrogen-bond donors (Lipinski definition) is 1. The summed E-state index contributed by atoms with van der Waals surface area (Å²) in [6, 6.07) is 1.84. The number of ether oxygens (including phenoxy) is 1. The predicted octanol–water partition coefficient (Wildman–Crippen LogP) is 1.42. The zero-order valence-corrected chi connectivity index (χ0v) is 10.5. The summed E-state index contributed by atoms with van der Waals surface area (Å²) in [5.41, 5.74) is 1.17. The van der Waals surface area contributed by atoms with Crippen LogP contribution in [0.25, 0.3) is 11.0 Å². The molecule has 0 amide bonds. The number of fused-ring (bicyclic) bond motifs is 1. The normalized spacial score (nSPS) is 10.7. The fourth-order valence-electron chi connectivity index (χ4n) is 1.59. The van der Waals surface area contributed by atoms with E-state index in [1.165, 1.54) is 7.11 Å². The molecule has 0 aromatic carbocycles. The quantitative estimate of drug-likeness (QED) is 0.670. The lowest BCUT2D eigenvalue weighted by Crippen LogP contribution is -2.40. The molecule has 6 heteroatoms. The van der Waals surface area contributed by atoms with Crippen LogP contribution in [0.5, 0.6) is 0 Å². The molecule has 16 heavy (non-hydrogen) atoms. The van der Waals surface area contributed by atoms with E-state index < -0.39 is 0 Å². The molecule has 0 aliphatic carbocycles. The molecule has 0 aliphatic heterocycles. The van der Waals surface area contributed by atoms with Gasteiger partial charge in [0.25, 0.3) is 0 Å². The summed E-state index contributed by atoms with van der Waals surface area (Å²) in [7, 11) is 1.37. The van der Waals surface area contributed by atoms with Gasteiger partial charge in [0.15, 0.2) is 12.2 Å². The van der Waals surface area contributed by atoms with Crippen LogP contribution in [-0.4, -0.2) is 23.2 Å². The molecular weight excluding hydrogens is 274 g/mol. The van der Waals surface area contributed by atoms with Crippen molar-refractivity contribution in [2.75, 3.05) is 7.11 Å². The van der Waals surface area contributed by atoms with E-state index in [2.05, 4.69) is 26.0 Å². The minimum Gasteiger partial charge on any atom is -0.461 e. The molecule has 5 nitrogen and oxygen atoms in total. The SMILES string of the molecule is CC[n+]1[nH]c2ncc(Br)cc2c1C(=O)OC. The molecule has 0 bridgehead atoms. The van der Waals surface area contributed by atoms with Gasteiger partial charge in [-0.05, 0) is 28.9 Å². The summed E-state index contributed by atoms with van der Waals surface area (Å²) < 4.78 is 7.31. The number of aromatic amines is 1. The number of hydrogen-bond acceptors (Lipinski definition) is 3. The van der Waals surface area contributed by atoms with Crippen LogP contribution in [0.1, 0.15) is 17.4 Å². The topological polar surface area (TPSA) is 58.9 Å². The Morgan fingerprint density at radius 1 is 1.69 bits per heavy atom. The van der Waals surface area contributed by atoms with Crippen LogP contribution < -0.4 is 4.68 Å². The standard InChI is InChI=1S/C10H10BrN3O2/c1-3-14-8(10(15)16-2)7-4-6(11)5-12-9(7)13-14/h4-5H,3H2,1-2H3/p+1. The van der Waals surface area contributed by atoms with Crippen molar-refractivity contribution in [3.63, 3.8) is 0 Å². The first-order chi connectivity index (χ1) is 7.67. The molecule has 0 radical (unpaired) electrons. The Morgan fingerprint density at radius 2 is 2.44 bits per heavy atom. The van der Waals surface area contributed by atoms with Gasteiger partial charge in [-0.25, -0.2) is 9.78 Å². The lowest BCUT2D eigenvalue weighted by molar-refractivity contribution is -0.747. The van der Waals surface area contributed by atoms with Crippen molar-refractivity contribution in [3.8, 4) is 0 Å². The minimum absolute atomic E-state index is 0.368. The zero-order chi connectivity index (χ0) is 11.7. The summed E-state index contributed by atoms with van der Waals surface area (Å²) in [6.07, 6.45) is 1.68. The van der Waals surface area contributed by atoms with Gasteiger partial charge in [-0.2, -0.15) is 0 Å². The smallest absolute Gasteiger partial charge is 0.406 e. The van der Waals surface area contributed by atoms with Crippen LogP contribution in [-0.2, 0) is 11.3 Å². The Bertz CT molecular complexity index is 550. The number of rotatable bonds is 2. The first-order valence-electron chi connectivity index (χ1n) is 4.82. The van der Waals surface area contributed by atoms with Crippen molar-refractivity contribution >= 4 is 32.9 Å². The number of halogens is 1. The van der Waals surface area contributed by atoms with Crippen molar-refractivity contribution < 1.29 is 14.2 Å². The maximum Gasteiger partial charge on any atom is 0.406 e. The van der Waals surface area contributed by atoms with Gasteiger partial charge >= 0.3 is 11.7 Å². The number of aromatic nitrogens is 3. The van der Waals surface area contributed by atoms with E-state index in [1.807, 2.05) is 13.0 Å². The van der Waals surface area contributed by atoms with Crippen LogP contribution in [0.3, 0.4) is 0 Å². The van der Waals surface area contributed by atoms with Crippen molar-refractivity contribution in [1.29, 1.82) is 0 Å². The second-order valence-electron chi connectivity index (χ2n) is 3.25. The third kappa shape index (κ3) is 1.69. The van der Waals surface area contributed by atoms with E-state index in [1.54, 1.807) is 10.9 Å². The average Bonchev–Trinajstić information content (AvgIpc) is 2.65. The van der Waals surface area contributed by atoms with Gasteiger partial charge in [-0.1, -0.05) is 0 Å². The Hall–Kier alpha value is -1.43. The highest BCUT2D eigenvalue weighted by Gasteiger charge is 2.27. The van der Waals surface area contributed by atoms with E-state index in [0.717, 1.165) is 9.86 Å². The molecule has 2 heterocycles. The molecule has 84 valence electrons. The van der Waals surface area contributed by atoms with Gasteiger partial charge in [0.05, 0.1) is 7.11 Å². The highest BCUT2D eigenvalue weighted by atomic mass is 79.9. The summed E-state index contributed by atoms with van der Waals surface area (Å²) in [5, 5.41) is 3.79. The number of H-pyrrole nitrogens is 1. The molecule has 2 aromatic rings. The first-order valence-corrected chi connectivity index (χ1v) is 5.62. The molecule has 0 saturated carbocycles. The molecule has 2 rings (SSSR count). The fraction of sp³-hybridized carbons (Fsp3) is 0.300. The largest absolute Gasteiger partial charge is 0.461 e. The van der Waals surface area contributed by atoms with Crippen LogP contribution in [0.4, 0.5) is 0 Å². The number of carbonyl (C=O) groups excluding carboxylic acids is 1. The summed E-state index contributed by atoms with van der Waals surface area (Å²) in [5.74, 6) is -0.368. The molecule has 0 fully saturated rings. The lowest BCUT2D eigenvalue weighted by Gasteiger charge is -1.93. The second kappa shape index (κ2) is 4.21. The third-order valence-electron chi connectivity index (χ3n) is 2.32. The number of esters is 1.